The predicted octanol–water partition coefficient (Wildman–Crippen LogP) is 3.73. The van der Waals surface area contributed by atoms with E-state index in [0.29, 0.717) is 10.7 Å². The third kappa shape index (κ3) is 3.12. The number of nitrogen functional groups attached to an aromatic ring is 1. The summed E-state index contributed by atoms with van der Waals surface area (Å²) in [7, 11) is 0. The molecule has 0 bridgehead atoms. The molecule has 140 valence electrons. The molecule has 0 saturated heterocycles. The molecule has 1 unspecified atom stereocenters. The van der Waals surface area contributed by atoms with Gasteiger partial charge in [0, 0.05) is 0 Å². The number of fused-ring (bicyclic) bond motifs is 1. The van der Waals surface area contributed by atoms with Crippen LogP contribution in [0.4, 0.5) is 5.69 Å². The molecule has 7 nitrogen and oxygen atoms in total. The minimum atomic E-state index is -1.15. The van der Waals surface area contributed by atoms with Gasteiger partial charge in [-0.3, -0.25) is 4.79 Å². The van der Waals surface area contributed by atoms with E-state index in [4.69, 9.17) is 5.73 Å². The van der Waals surface area contributed by atoms with Gasteiger partial charge in [-0.05, 0) is 31.2 Å². The molecule has 0 amide bonds. The lowest BCUT2D eigenvalue weighted by Crippen LogP contribution is -2.17. The van der Waals surface area contributed by atoms with E-state index < -0.39 is 11.7 Å². The van der Waals surface area contributed by atoms with E-state index in [-0.39, 0.29) is 17.1 Å². The van der Waals surface area contributed by atoms with Gasteiger partial charge in [0.15, 0.2) is 11.6 Å². The van der Waals surface area contributed by atoms with Crippen LogP contribution in [-0.2, 0) is 0 Å². The summed E-state index contributed by atoms with van der Waals surface area (Å²) >= 11 is 1.29. The number of nitrogens with zero attached hydrogens (tertiary/aromatic N) is 5. The van der Waals surface area contributed by atoms with Crippen molar-refractivity contribution in [2.45, 2.75) is 12.8 Å². The van der Waals surface area contributed by atoms with Crippen LogP contribution in [0.5, 0.6) is 0 Å². The molecule has 0 aliphatic rings. The number of ketones is 1. The summed E-state index contributed by atoms with van der Waals surface area (Å²) in [6.45, 7) is 1.94. The SMILES string of the molecule is Cc1ccc(-n2nc(C#N)c(N)c2C(=O)C(C#N)c2nc3ccccc3s2)cc1. The average molecular weight is 398 g/mol. The van der Waals surface area contributed by atoms with E-state index in [1.165, 1.54) is 16.0 Å². The number of rotatable bonds is 4. The van der Waals surface area contributed by atoms with E-state index >= 15 is 0 Å². The third-order valence-corrected chi connectivity index (χ3v) is 5.59. The second kappa shape index (κ2) is 7.19. The fraction of sp³-hybridized carbons (Fsp3) is 0.0952. The van der Waals surface area contributed by atoms with Gasteiger partial charge in [0.2, 0.25) is 5.78 Å². The second-order valence-corrected chi connectivity index (χ2v) is 7.48. The Morgan fingerprint density at radius 3 is 2.55 bits per heavy atom. The van der Waals surface area contributed by atoms with E-state index in [9.17, 15) is 15.3 Å². The number of hydrogen-bond donors (Lipinski definition) is 1. The Morgan fingerprint density at radius 1 is 1.17 bits per heavy atom. The van der Waals surface area contributed by atoms with Gasteiger partial charge >= 0.3 is 0 Å². The fourth-order valence-corrected chi connectivity index (χ4v) is 4.01. The molecule has 0 aliphatic heterocycles. The lowest BCUT2D eigenvalue weighted by Gasteiger charge is -2.10. The average Bonchev–Trinajstić information content (AvgIpc) is 3.29. The van der Waals surface area contributed by atoms with Crippen molar-refractivity contribution in [2.75, 3.05) is 5.73 Å². The van der Waals surface area contributed by atoms with Crippen LogP contribution < -0.4 is 5.73 Å². The molecule has 4 aromatic rings. The number of hydrogen-bond acceptors (Lipinski definition) is 7. The Morgan fingerprint density at radius 2 is 1.90 bits per heavy atom. The van der Waals surface area contributed by atoms with Gasteiger partial charge in [-0.15, -0.1) is 11.3 Å². The number of aromatic nitrogens is 3. The van der Waals surface area contributed by atoms with Crippen LogP contribution in [0, 0.1) is 29.6 Å². The van der Waals surface area contributed by atoms with Gasteiger partial charge in [-0.2, -0.15) is 15.6 Å². The van der Waals surface area contributed by atoms with Crippen molar-refractivity contribution in [2.24, 2.45) is 0 Å². The van der Waals surface area contributed by atoms with E-state index in [1.54, 1.807) is 12.1 Å². The van der Waals surface area contributed by atoms with Gasteiger partial charge in [-0.1, -0.05) is 29.8 Å². The maximum absolute atomic E-state index is 13.4. The summed E-state index contributed by atoms with van der Waals surface area (Å²) < 4.78 is 2.21. The number of benzene rings is 2. The third-order valence-electron chi connectivity index (χ3n) is 4.49. The summed E-state index contributed by atoms with van der Waals surface area (Å²) in [6, 6.07) is 18.7. The zero-order valence-corrected chi connectivity index (χ0v) is 16.1. The maximum Gasteiger partial charge on any atom is 0.207 e. The zero-order chi connectivity index (χ0) is 20.5. The molecule has 4 rings (SSSR count). The minimum Gasteiger partial charge on any atom is -0.394 e. The topological polar surface area (TPSA) is 121 Å². The number of carbonyl (C=O) groups is 1. The van der Waals surface area contributed by atoms with Gasteiger partial charge in [0.05, 0.1) is 22.0 Å². The van der Waals surface area contributed by atoms with Crippen LogP contribution in [0.1, 0.15) is 32.7 Å². The Balaban J connectivity index is 1.85. The number of anilines is 1. The standard InChI is InChI=1S/C21H14N6OS/c1-12-6-8-13(9-7-12)27-19(18(24)16(11-23)26-27)20(28)14(10-22)21-25-15-4-2-3-5-17(15)29-21/h2-9,14H,24H2,1H3. The Hall–Kier alpha value is -4.01. The van der Waals surface area contributed by atoms with Crippen LogP contribution >= 0.6 is 11.3 Å². The smallest absolute Gasteiger partial charge is 0.207 e. The first-order valence-electron chi connectivity index (χ1n) is 8.68. The second-order valence-electron chi connectivity index (χ2n) is 6.42. The molecule has 29 heavy (non-hydrogen) atoms. The van der Waals surface area contributed by atoms with Crippen molar-refractivity contribution in [3.05, 3.63) is 70.5 Å². The lowest BCUT2D eigenvalue weighted by molar-refractivity contribution is 0.0972. The number of aryl methyl sites for hydroxylation is 1. The van der Waals surface area contributed by atoms with Crippen molar-refractivity contribution >= 4 is 33.0 Å². The van der Waals surface area contributed by atoms with Crippen molar-refractivity contribution in [3.63, 3.8) is 0 Å². The zero-order valence-electron chi connectivity index (χ0n) is 15.3. The molecule has 0 aliphatic carbocycles. The van der Waals surface area contributed by atoms with Gasteiger partial charge in [0.1, 0.15) is 22.5 Å². The lowest BCUT2D eigenvalue weighted by atomic mass is 10.0. The normalized spacial score (nSPS) is 11.7. The van der Waals surface area contributed by atoms with Gasteiger partial charge in [0.25, 0.3) is 0 Å². The maximum atomic E-state index is 13.4. The van der Waals surface area contributed by atoms with Crippen molar-refractivity contribution in [3.8, 4) is 17.8 Å². The highest BCUT2D eigenvalue weighted by molar-refractivity contribution is 7.18. The van der Waals surface area contributed by atoms with E-state index in [1.807, 2.05) is 55.5 Å². The predicted molar refractivity (Wildman–Crippen MR) is 110 cm³/mol. The molecule has 0 saturated carbocycles. The molecule has 2 heterocycles. The molecule has 0 fully saturated rings. The number of Topliss-reactive ketones (excluding diaryl/α,β-unsaturated/α-hetero) is 1. The molecule has 8 heteroatoms. The monoisotopic (exact) mass is 398 g/mol. The first kappa shape index (κ1) is 18.4. The number of nitriles is 2. The van der Waals surface area contributed by atoms with Crippen LogP contribution in [0.3, 0.4) is 0 Å². The number of nitrogens with two attached hydrogens (primary N) is 1. The first-order valence-corrected chi connectivity index (χ1v) is 9.50. The molecular formula is C21H14N6OS. The largest absolute Gasteiger partial charge is 0.394 e. The quantitative estimate of drug-likeness (QED) is 0.523. The summed E-state index contributed by atoms with van der Waals surface area (Å²) in [6.07, 6.45) is 0. The van der Waals surface area contributed by atoms with Crippen LogP contribution in [0.25, 0.3) is 15.9 Å². The highest BCUT2D eigenvalue weighted by Crippen LogP contribution is 2.32. The van der Waals surface area contributed by atoms with Crippen LogP contribution in [0.15, 0.2) is 48.5 Å². The molecule has 2 N–H and O–H groups in total. The Bertz CT molecular complexity index is 1290. The number of carbonyl (C=O) groups excluding carboxylic acids is 1. The first-order chi connectivity index (χ1) is 14.0. The summed E-state index contributed by atoms with van der Waals surface area (Å²) in [5, 5.41) is 23.7. The minimum absolute atomic E-state index is 0.0104. The number of thiazole rings is 1. The van der Waals surface area contributed by atoms with E-state index in [2.05, 4.69) is 10.1 Å². The molecule has 0 spiro atoms. The van der Waals surface area contributed by atoms with Crippen LogP contribution in [-0.4, -0.2) is 20.5 Å². The van der Waals surface area contributed by atoms with Crippen molar-refractivity contribution in [1.29, 1.82) is 10.5 Å². The van der Waals surface area contributed by atoms with E-state index in [0.717, 1.165) is 15.8 Å². The summed E-state index contributed by atoms with van der Waals surface area (Å²) in [5.74, 6) is -1.69. The molecule has 1 atom stereocenters. The Labute approximate surface area is 170 Å². The van der Waals surface area contributed by atoms with Gasteiger partial charge < -0.3 is 5.73 Å². The fourth-order valence-electron chi connectivity index (χ4n) is 3.00. The van der Waals surface area contributed by atoms with Crippen molar-refractivity contribution < 1.29 is 4.79 Å². The number of para-hydroxylation sites is 1. The highest BCUT2D eigenvalue weighted by Gasteiger charge is 2.32. The van der Waals surface area contributed by atoms with Crippen LogP contribution in [0.2, 0.25) is 0 Å². The molecule has 2 aromatic heterocycles. The molecule has 2 aromatic carbocycles. The highest BCUT2D eigenvalue weighted by atomic mass is 32.1. The summed E-state index contributed by atoms with van der Waals surface area (Å²) in [5.41, 5.74) is 8.31. The summed E-state index contributed by atoms with van der Waals surface area (Å²) in [4.78, 5) is 17.8. The molecular weight excluding hydrogens is 384 g/mol. The van der Waals surface area contributed by atoms with Gasteiger partial charge in [-0.25, -0.2) is 9.67 Å². The molecule has 0 radical (unpaired) electrons. The Kier molecular flexibility index (Phi) is 4.55. The van der Waals surface area contributed by atoms with Crippen molar-refractivity contribution in [1.82, 2.24) is 14.8 Å².